The highest BCUT2D eigenvalue weighted by Crippen LogP contribution is 2.62. The van der Waals surface area contributed by atoms with E-state index in [1.165, 1.54) is 0 Å². The molecule has 6 aromatic rings. The van der Waals surface area contributed by atoms with Crippen molar-refractivity contribution in [3.05, 3.63) is 156 Å². The van der Waals surface area contributed by atoms with E-state index in [2.05, 4.69) is 4.72 Å². The van der Waals surface area contributed by atoms with E-state index in [1.807, 2.05) is 116 Å². The lowest BCUT2D eigenvalue weighted by atomic mass is 10.1. The number of furan rings is 1. The van der Waals surface area contributed by atoms with Crippen molar-refractivity contribution in [3.8, 4) is 0 Å². The van der Waals surface area contributed by atoms with Gasteiger partial charge in [-0.3, -0.25) is 4.72 Å². The zero-order chi connectivity index (χ0) is 28.5. The van der Waals surface area contributed by atoms with Gasteiger partial charge in [-0.1, -0.05) is 121 Å². The van der Waals surface area contributed by atoms with Crippen LogP contribution < -0.4 is 15.3 Å². The molecule has 6 rings (SSSR count). The summed E-state index contributed by atoms with van der Waals surface area (Å²) in [6.07, 6.45) is 0. The standard InChI is InChI=1S/C34H28NO4PS/c1-25-21-23-29(24-22-25)41(37,38)35-32-30-19-11-12-20-31(30)39-33(32)34(26-13-5-2-6-14-26)40(36,27-15-7-3-8-16-27)28-17-9-4-10-18-28/h2-24,34-35H,1H3/t34-/m0/s1. The first-order chi connectivity index (χ1) is 19.9. The maximum atomic E-state index is 15.8. The zero-order valence-electron chi connectivity index (χ0n) is 22.3. The van der Waals surface area contributed by atoms with Crippen LogP contribution in [0.15, 0.2) is 149 Å². The molecule has 0 unspecified atom stereocenters. The van der Waals surface area contributed by atoms with Crippen LogP contribution in [0.2, 0.25) is 0 Å². The van der Waals surface area contributed by atoms with E-state index < -0.39 is 22.8 Å². The van der Waals surface area contributed by atoms with E-state index in [1.54, 1.807) is 30.3 Å². The Bertz CT molecular complexity index is 1910. The second kappa shape index (κ2) is 10.9. The number of benzene rings is 5. The highest BCUT2D eigenvalue weighted by Gasteiger charge is 2.43. The van der Waals surface area contributed by atoms with Crippen LogP contribution in [0.5, 0.6) is 0 Å². The monoisotopic (exact) mass is 577 g/mol. The van der Waals surface area contributed by atoms with Crippen LogP contribution in [-0.4, -0.2) is 8.42 Å². The van der Waals surface area contributed by atoms with Gasteiger partial charge in [-0.25, -0.2) is 8.42 Å². The number of hydrogen-bond donors (Lipinski definition) is 1. The number of nitrogens with one attached hydrogen (secondary N) is 1. The minimum Gasteiger partial charge on any atom is -0.458 e. The molecule has 0 saturated heterocycles. The number of para-hydroxylation sites is 1. The van der Waals surface area contributed by atoms with Crippen molar-refractivity contribution in [1.29, 1.82) is 0 Å². The van der Waals surface area contributed by atoms with Gasteiger partial charge in [0.05, 0.1) is 10.6 Å². The second-order valence-electron chi connectivity index (χ2n) is 9.90. The predicted molar refractivity (Wildman–Crippen MR) is 166 cm³/mol. The molecule has 0 fully saturated rings. The van der Waals surface area contributed by atoms with Gasteiger partial charge in [-0.05, 0) is 36.8 Å². The Morgan fingerprint density at radius 3 is 1.76 bits per heavy atom. The molecule has 0 radical (unpaired) electrons. The van der Waals surface area contributed by atoms with E-state index in [0.717, 1.165) is 11.1 Å². The van der Waals surface area contributed by atoms with Gasteiger partial charge in [0.1, 0.15) is 17.0 Å². The summed E-state index contributed by atoms with van der Waals surface area (Å²) in [6, 6.07) is 42.1. The molecule has 5 nitrogen and oxygen atoms in total. The number of rotatable bonds is 8. The summed E-state index contributed by atoms with van der Waals surface area (Å²) in [5, 5.41) is 1.88. The molecule has 0 spiro atoms. The summed E-state index contributed by atoms with van der Waals surface area (Å²) >= 11 is 0. The third-order valence-corrected chi connectivity index (χ3v) is 12.0. The summed E-state index contributed by atoms with van der Waals surface area (Å²) in [4.78, 5) is 0.130. The number of hydrogen-bond acceptors (Lipinski definition) is 4. The Balaban J connectivity index is 1.65. The Hall–Kier alpha value is -4.38. The smallest absolute Gasteiger partial charge is 0.262 e. The van der Waals surface area contributed by atoms with Crippen molar-refractivity contribution in [2.24, 2.45) is 0 Å². The Kier molecular flexibility index (Phi) is 7.12. The normalized spacial score (nSPS) is 12.7. The fourth-order valence-corrected chi connectivity index (χ4v) is 9.50. The summed E-state index contributed by atoms with van der Waals surface area (Å²) in [7, 11) is -7.54. The first-order valence-electron chi connectivity index (χ1n) is 13.2. The predicted octanol–water partition coefficient (Wildman–Crippen LogP) is 7.65. The highest BCUT2D eigenvalue weighted by atomic mass is 32.2. The molecule has 1 N–H and O–H groups in total. The largest absolute Gasteiger partial charge is 0.458 e. The average Bonchev–Trinajstić information content (AvgIpc) is 3.35. The fraction of sp³-hybridized carbons (Fsp3) is 0.0588. The van der Waals surface area contributed by atoms with Crippen LogP contribution in [0.3, 0.4) is 0 Å². The first-order valence-corrected chi connectivity index (χ1v) is 16.5. The highest BCUT2D eigenvalue weighted by molar-refractivity contribution is 7.92. The lowest BCUT2D eigenvalue weighted by Crippen LogP contribution is -2.23. The Labute approximate surface area is 239 Å². The number of sulfonamides is 1. The van der Waals surface area contributed by atoms with E-state index >= 15 is 4.57 Å². The Morgan fingerprint density at radius 2 is 1.17 bits per heavy atom. The molecular weight excluding hydrogens is 549 g/mol. The van der Waals surface area contributed by atoms with Crippen molar-refractivity contribution >= 4 is 44.4 Å². The molecule has 0 amide bonds. The maximum absolute atomic E-state index is 15.8. The van der Waals surface area contributed by atoms with Gasteiger partial charge in [0.25, 0.3) is 10.0 Å². The summed E-state index contributed by atoms with van der Waals surface area (Å²) in [5.41, 5.74) is 1.66. The molecule has 5 aromatic carbocycles. The molecule has 0 aliphatic heterocycles. The van der Waals surface area contributed by atoms with Crippen LogP contribution in [-0.2, 0) is 14.6 Å². The number of anilines is 1. The van der Waals surface area contributed by atoms with Crippen LogP contribution in [0.1, 0.15) is 22.5 Å². The molecule has 0 aliphatic rings. The maximum Gasteiger partial charge on any atom is 0.262 e. The quantitative estimate of drug-likeness (QED) is 0.189. The minimum atomic E-state index is -4.00. The molecule has 204 valence electrons. The van der Waals surface area contributed by atoms with Crippen molar-refractivity contribution in [2.45, 2.75) is 17.5 Å². The second-order valence-corrected chi connectivity index (χ2v) is 14.4. The molecule has 41 heavy (non-hydrogen) atoms. The van der Waals surface area contributed by atoms with Crippen LogP contribution in [0.4, 0.5) is 5.69 Å². The van der Waals surface area contributed by atoms with E-state index in [9.17, 15) is 8.42 Å². The molecular formula is C34H28NO4PS. The number of fused-ring (bicyclic) bond motifs is 1. The van der Waals surface area contributed by atoms with Crippen LogP contribution in [0, 0.1) is 6.92 Å². The van der Waals surface area contributed by atoms with Crippen molar-refractivity contribution in [2.75, 3.05) is 4.72 Å². The third-order valence-electron chi connectivity index (χ3n) is 7.20. The van der Waals surface area contributed by atoms with Gasteiger partial charge >= 0.3 is 0 Å². The number of aryl methyl sites for hydroxylation is 1. The van der Waals surface area contributed by atoms with Crippen molar-refractivity contribution in [1.82, 2.24) is 0 Å². The van der Waals surface area contributed by atoms with E-state index in [-0.39, 0.29) is 10.6 Å². The van der Waals surface area contributed by atoms with Crippen molar-refractivity contribution in [3.63, 3.8) is 0 Å². The fourth-order valence-electron chi connectivity index (χ4n) is 5.18. The molecule has 7 heteroatoms. The lowest BCUT2D eigenvalue weighted by Gasteiger charge is -2.29. The minimum absolute atomic E-state index is 0.130. The molecule has 0 bridgehead atoms. The lowest BCUT2D eigenvalue weighted by molar-refractivity contribution is 0.541. The average molecular weight is 578 g/mol. The molecule has 1 heterocycles. The van der Waals surface area contributed by atoms with Gasteiger partial charge in [-0.2, -0.15) is 0 Å². The zero-order valence-corrected chi connectivity index (χ0v) is 24.1. The van der Waals surface area contributed by atoms with Gasteiger partial charge < -0.3 is 8.98 Å². The van der Waals surface area contributed by atoms with Gasteiger partial charge in [0, 0.05) is 16.0 Å². The van der Waals surface area contributed by atoms with Gasteiger partial charge in [-0.15, -0.1) is 0 Å². The summed E-state index contributed by atoms with van der Waals surface area (Å²) in [6.45, 7) is 1.90. The van der Waals surface area contributed by atoms with Gasteiger partial charge in [0.2, 0.25) is 0 Å². The molecule has 0 aliphatic carbocycles. The van der Waals surface area contributed by atoms with Crippen LogP contribution >= 0.6 is 7.14 Å². The summed E-state index contributed by atoms with van der Waals surface area (Å²) in [5.74, 6) is 0.295. The SMILES string of the molecule is Cc1ccc(S(=O)(=O)Nc2c([C@H](c3ccccc3)P(=O)(c3ccccc3)c3ccccc3)oc3ccccc23)cc1. The van der Waals surface area contributed by atoms with E-state index in [4.69, 9.17) is 4.42 Å². The van der Waals surface area contributed by atoms with E-state index in [0.29, 0.717) is 27.3 Å². The molecule has 1 aromatic heterocycles. The first kappa shape index (κ1) is 26.8. The summed E-state index contributed by atoms with van der Waals surface area (Å²) < 4.78 is 52.6. The van der Waals surface area contributed by atoms with Crippen LogP contribution in [0.25, 0.3) is 11.0 Å². The molecule has 1 atom stereocenters. The Morgan fingerprint density at radius 1 is 0.659 bits per heavy atom. The topological polar surface area (TPSA) is 76.4 Å². The van der Waals surface area contributed by atoms with Gasteiger partial charge in [0.15, 0.2) is 7.14 Å². The third kappa shape index (κ3) is 5.01. The molecule has 0 saturated carbocycles. The van der Waals surface area contributed by atoms with Crippen molar-refractivity contribution < 1.29 is 17.4 Å².